The smallest absolute Gasteiger partial charge is 0.263 e. The van der Waals surface area contributed by atoms with Gasteiger partial charge in [-0.2, -0.15) is 0 Å². The quantitative estimate of drug-likeness (QED) is 0.708. The van der Waals surface area contributed by atoms with Crippen LogP contribution in [0.2, 0.25) is 0 Å². The van der Waals surface area contributed by atoms with Crippen molar-refractivity contribution in [1.82, 2.24) is 10.3 Å². The Balaban J connectivity index is 2.50. The molecule has 12 heavy (non-hydrogen) atoms. The van der Waals surface area contributed by atoms with Gasteiger partial charge in [0.1, 0.15) is 4.88 Å². The van der Waals surface area contributed by atoms with Crippen molar-refractivity contribution >= 4 is 17.2 Å². The van der Waals surface area contributed by atoms with Crippen LogP contribution in [-0.2, 0) is 0 Å². The van der Waals surface area contributed by atoms with Crippen LogP contribution in [0.25, 0.3) is 0 Å². The van der Waals surface area contributed by atoms with Gasteiger partial charge < -0.3 is 11.1 Å². The molecular weight excluding hydrogens is 174 g/mol. The average Bonchev–Trinajstić information content (AvgIpc) is 2.56. The second-order valence-corrected chi connectivity index (χ2v) is 3.36. The van der Waals surface area contributed by atoms with Crippen molar-refractivity contribution in [2.45, 2.75) is 13.0 Å². The molecule has 5 heteroatoms. The highest BCUT2D eigenvalue weighted by Crippen LogP contribution is 2.04. The first kappa shape index (κ1) is 9.15. The fourth-order valence-electron chi connectivity index (χ4n) is 0.682. The SMILES string of the molecule is CC(CN)NC(=O)c1cncs1. The Bertz CT molecular complexity index is 247. The first-order valence-electron chi connectivity index (χ1n) is 3.63. The summed E-state index contributed by atoms with van der Waals surface area (Å²) in [5.41, 5.74) is 6.97. The maximum absolute atomic E-state index is 11.3. The molecule has 1 atom stereocenters. The molecule has 0 radical (unpaired) electrons. The molecule has 0 aliphatic rings. The summed E-state index contributed by atoms with van der Waals surface area (Å²) in [6.45, 7) is 2.31. The molecule has 0 fully saturated rings. The standard InChI is InChI=1S/C7H11N3OS/c1-5(2-8)10-7(11)6-3-9-4-12-6/h3-5H,2,8H2,1H3,(H,10,11). The number of nitrogens with two attached hydrogens (primary N) is 1. The number of hydrogen-bond donors (Lipinski definition) is 2. The maximum atomic E-state index is 11.3. The van der Waals surface area contributed by atoms with Gasteiger partial charge in [-0.25, -0.2) is 0 Å². The summed E-state index contributed by atoms with van der Waals surface area (Å²) in [6.07, 6.45) is 1.54. The summed E-state index contributed by atoms with van der Waals surface area (Å²) in [6, 6.07) is 0.0135. The summed E-state index contributed by atoms with van der Waals surface area (Å²) in [4.78, 5) is 15.7. The van der Waals surface area contributed by atoms with Gasteiger partial charge in [-0.3, -0.25) is 9.78 Å². The summed E-state index contributed by atoms with van der Waals surface area (Å²) in [5.74, 6) is -0.101. The summed E-state index contributed by atoms with van der Waals surface area (Å²) >= 11 is 1.32. The first-order valence-corrected chi connectivity index (χ1v) is 4.51. The second-order valence-electron chi connectivity index (χ2n) is 2.48. The predicted molar refractivity (Wildman–Crippen MR) is 48.1 cm³/mol. The van der Waals surface area contributed by atoms with Crippen molar-refractivity contribution in [2.75, 3.05) is 6.54 Å². The lowest BCUT2D eigenvalue weighted by molar-refractivity contribution is 0.0945. The molecule has 1 aromatic rings. The number of rotatable bonds is 3. The Morgan fingerprint density at radius 2 is 2.67 bits per heavy atom. The lowest BCUT2D eigenvalue weighted by atomic mass is 10.3. The van der Waals surface area contributed by atoms with Crippen molar-refractivity contribution in [2.24, 2.45) is 5.73 Å². The van der Waals surface area contributed by atoms with Crippen molar-refractivity contribution in [3.8, 4) is 0 Å². The number of hydrogen-bond acceptors (Lipinski definition) is 4. The molecule has 4 nitrogen and oxygen atoms in total. The maximum Gasteiger partial charge on any atom is 0.263 e. The lowest BCUT2D eigenvalue weighted by Crippen LogP contribution is -2.37. The first-order chi connectivity index (χ1) is 5.74. The Kier molecular flexibility index (Phi) is 3.19. The van der Waals surface area contributed by atoms with Crippen LogP contribution in [0.3, 0.4) is 0 Å². The van der Waals surface area contributed by atoms with Gasteiger partial charge >= 0.3 is 0 Å². The van der Waals surface area contributed by atoms with Crippen LogP contribution in [0.5, 0.6) is 0 Å². The van der Waals surface area contributed by atoms with Crippen LogP contribution in [0.1, 0.15) is 16.6 Å². The zero-order valence-corrected chi connectivity index (χ0v) is 7.60. The third-order valence-electron chi connectivity index (χ3n) is 1.39. The number of carbonyl (C=O) groups is 1. The summed E-state index contributed by atoms with van der Waals surface area (Å²) in [7, 11) is 0. The molecule has 1 unspecified atom stereocenters. The molecule has 0 bridgehead atoms. The highest BCUT2D eigenvalue weighted by Gasteiger charge is 2.08. The fraction of sp³-hybridized carbons (Fsp3) is 0.429. The van der Waals surface area contributed by atoms with E-state index in [0.29, 0.717) is 11.4 Å². The summed E-state index contributed by atoms with van der Waals surface area (Å²) < 4.78 is 0. The molecule has 0 spiro atoms. The van der Waals surface area contributed by atoms with Gasteiger partial charge in [-0.05, 0) is 6.92 Å². The van der Waals surface area contributed by atoms with E-state index in [-0.39, 0.29) is 11.9 Å². The molecule has 0 saturated heterocycles. The molecule has 0 aliphatic carbocycles. The molecule has 0 aliphatic heterocycles. The molecule has 1 aromatic heterocycles. The van der Waals surface area contributed by atoms with Gasteiger partial charge in [0, 0.05) is 12.6 Å². The highest BCUT2D eigenvalue weighted by molar-refractivity contribution is 7.11. The molecule has 66 valence electrons. The van der Waals surface area contributed by atoms with E-state index in [1.54, 1.807) is 11.7 Å². The van der Waals surface area contributed by atoms with E-state index in [1.807, 2.05) is 6.92 Å². The summed E-state index contributed by atoms with van der Waals surface area (Å²) in [5, 5.41) is 2.74. The normalized spacial score (nSPS) is 12.5. The number of thiazole rings is 1. The van der Waals surface area contributed by atoms with E-state index >= 15 is 0 Å². The number of nitrogens with one attached hydrogen (secondary N) is 1. The van der Waals surface area contributed by atoms with Gasteiger partial charge in [0.25, 0.3) is 5.91 Å². The van der Waals surface area contributed by atoms with Gasteiger partial charge in [-0.15, -0.1) is 11.3 Å². The average molecular weight is 185 g/mol. The van der Waals surface area contributed by atoms with Gasteiger partial charge in [-0.1, -0.05) is 0 Å². The highest BCUT2D eigenvalue weighted by atomic mass is 32.1. The Morgan fingerprint density at radius 1 is 1.92 bits per heavy atom. The van der Waals surface area contributed by atoms with E-state index in [1.165, 1.54) is 11.3 Å². The van der Waals surface area contributed by atoms with Gasteiger partial charge in [0.2, 0.25) is 0 Å². The second kappa shape index (κ2) is 4.18. The Labute approximate surface area is 74.8 Å². The van der Waals surface area contributed by atoms with E-state index in [2.05, 4.69) is 10.3 Å². The minimum absolute atomic E-state index is 0.0135. The van der Waals surface area contributed by atoms with E-state index < -0.39 is 0 Å². The molecule has 1 rings (SSSR count). The fourth-order valence-corrected chi connectivity index (χ4v) is 1.20. The molecule has 1 amide bonds. The Morgan fingerprint density at radius 3 is 3.17 bits per heavy atom. The number of carbonyl (C=O) groups excluding carboxylic acids is 1. The largest absolute Gasteiger partial charge is 0.348 e. The van der Waals surface area contributed by atoms with Crippen LogP contribution < -0.4 is 11.1 Å². The van der Waals surface area contributed by atoms with Crippen LogP contribution in [0.15, 0.2) is 11.7 Å². The van der Waals surface area contributed by atoms with Gasteiger partial charge in [0.05, 0.1) is 11.7 Å². The molecule has 1 heterocycles. The van der Waals surface area contributed by atoms with Crippen LogP contribution >= 0.6 is 11.3 Å². The lowest BCUT2D eigenvalue weighted by Gasteiger charge is -2.08. The topological polar surface area (TPSA) is 68.0 Å². The van der Waals surface area contributed by atoms with E-state index in [9.17, 15) is 4.79 Å². The molecule has 0 saturated carbocycles. The van der Waals surface area contributed by atoms with Crippen molar-refractivity contribution in [3.63, 3.8) is 0 Å². The molecule has 3 N–H and O–H groups in total. The third-order valence-corrected chi connectivity index (χ3v) is 2.16. The number of aromatic nitrogens is 1. The molecular formula is C7H11N3OS. The minimum atomic E-state index is -0.101. The van der Waals surface area contributed by atoms with Crippen molar-refractivity contribution in [3.05, 3.63) is 16.6 Å². The van der Waals surface area contributed by atoms with E-state index in [4.69, 9.17) is 5.73 Å². The zero-order chi connectivity index (χ0) is 8.97. The van der Waals surface area contributed by atoms with Crippen LogP contribution in [0, 0.1) is 0 Å². The van der Waals surface area contributed by atoms with E-state index in [0.717, 1.165) is 0 Å². The third kappa shape index (κ3) is 2.28. The van der Waals surface area contributed by atoms with Crippen molar-refractivity contribution in [1.29, 1.82) is 0 Å². The number of nitrogens with zero attached hydrogens (tertiary/aromatic N) is 1. The molecule has 0 aromatic carbocycles. The predicted octanol–water partition coefficient (Wildman–Crippen LogP) is 0.220. The van der Waals surface area contributed by atoms with Crippen molar-refractivity contribution < 1.29 is 4.79 Å². The zero-order valence-electron chi connectivity index (χ0n) is 6.78. The number of amides is 1. The minimum Gasteiger partial charge on any atom is -0.348 e. The Hall–Kier alpha value is -0.940. The van der Waals surface area contributed by atoms with Crippen LogP contribution in [0.4, 0.5) is 0 Å². The van der Waals surface area contributed by atoms with Gasteiger partial charge in [0.15, 0.2) is 0 Å². The van der Waals surface area contributed by atoms with Crippen LogP contribution in [-0.4, -0.2) is 23.5 Å². The monoisotopic (exact) mass is 185 g/mol.